The second-order valence-electron chi connectivity index (χ2n) is 3.72. The van der Waals surface area contributed by atoms with E-state index in [0.29, 0.717) is 17.0 Å². The summed E-state index contributed by atoms with van der Waals surface area (Å²) in [7, 11) is 0. The molecule has 1 heterocycles. The van der Waals surface area contributed by atoms with Gasteiger partial charge in [-0.1, -0.05) is 32.5 Å². The molecule has 0 aliphatic carbocycles. The van der Waals surface area contributed by atoms with Gasteiger partial charge < -0.3 is 5.11 Å². The number of nitrogens with one attached hydrogen (secondary N) is 1. The van der Waals surface area contributed by atoms with Crippen LogP contribution in [0.2, 0.25) is 0 Å². The number of hydrogen-bond acceptors (Lipinski definition) is 4. The lowest BCUT2D eigenvalue weighted by atomic mass is 9.98. The van der Waals surface area contributed by atoms with Gasteiger partial charge in [-0.3, -0.25) is 9.89 Å². The molecular formula is C9H15N3O2S. The van der Waals surface area contributed by atoms with Crippen molar-refractivity contribution >= 4 is 17.7 Å². The Bertz CT molecular complexity index is 338. The fourth-order valence-electron chi connectivity index (χ4n) is 0.968. The van der Waals surface area contributed by atoms with Crippen LogP contribution in [-0.4, -0.2) is 32.0 Å². The third-order valence-corrected chi connectivity index (χ3v) is 3.07. The molecule has 1 rings (SSSR count). The maximum Gasteiger partial charge on any atom is 0.313 e. The maximum absolute atomic E-state index is 10.3. The molecule has 15 heavy (non-hydrogen) atoms. The van der Waals surface area contributed by atoms with E-state index in [1.165, 1.54) is 0 Å². The molecule has 1 unspecified atom stereocenters. The van der Waals surface area contributed by atoms with Crippen molar-refractivity contribution in [2.24, 2.45) is 5.92 Å². The van der Waals surface area contributed by atoms with E-state index in [1.54, 1.807) is 0 Å². The highest BCUT2D eigenvalue weighted by Crippen LogP contribution is 2.22. The van der Waals surface area contributed by atoms with Crippen molar-refractivity contribution in [1.82, 2.24) is 15.2 Å². The van der Waals surface area contributed by atoms with Gasteiger partial charge in [0.2, 0.25) is 5.16 Å². The monoisotopic (exact) mass is 229 g/mol. The van der Waals surface area contributed by atoms with Crippen molar-refractivity contribution in [2.45, 2.75) is 31.8 Å². The number of aromatic nitrogens is 3. The van der Waals surface area contributed by atoms with Crippen LogP contribution < -0.4 is 0 Å². The number of nitrogens with zero attached hydrogens (tertiary/aromatic N) is 2. The first kappa shape index (κ1) is 12.0. The number of thioether (sulfide) groups is 1. The predicted octanol–water partition coefficient (Wildman–Crippen LogP) is 1.74. The zero-order chi connectivity index (χ0) is 11.4. The van der Waals surface area contributed by atoms with Gasteiger partial charge in [0.25, 0.3) is 0 Å². The van der Waals surface area contributed by atoms with E-state index in [1.807, 2.05) is 0 Å². The van der Waals surface area contributed by atoms with Gasteiger partial charge in [0.05, 0.1) is 5.75 Å². The van der Waals surface area contributed by atoms with Gasteiger partial charge in [-0.25, -0.2) is 4.98 Å². The Morgan fingerprint density at radius 2 is 2.20 bits per heavy atom. The summed E-state index contributed by atoms with van der Waals surface area (Å²) >= 11 is 1.13. The number of aliphatic carboxylic acids is 1. The molecule has 0 aliphatic heterocycles. The second kappa shape index (κ2) is 5.16. The van der Waals surface area contributed by atoms with Crippen molar-refractivity contribution < 1.29 is 9.90 Å². The van der Waals surface area contributed by atoms with Crippen LogP contribution in [0.5, 0.6) is 0 Å². The van der Waals surface area contributed by atoms with Gasteiger partial charge in [0.1, 0.15) is 5.82 Å². The van der Waals surface area contributed by atoms with E-state index >= 15 is 0 Å². The maximum atomic E-state index is 10.3. The Morgan fingerprint density at radius 3 is 2.73 bits per heavy atom. The number of aromatic amines is 1. The average molecular weight is 229 g/mol. The fraction of sp³-hybridized carbons (Fsp3) is 0.667. The Morgan fingerprint density at radius 1 is 1.53 bits per heavy atom. The molecule has 1 aromatic heterocycles. The highest BCUT2D eigenvalue weighted by atomic mass is 32.2. The van der Waals surface area contributed by atoms with Crippen LogP contribution in [0.3, 0.4) is 0 Å². The number of hydrogen-bond donors (Lipinski definition) is 2. The molecule has 0 spiro atoms. The molecule has 0 fully saturated rings. The topological polar surface area (TPSA) is 78.9 Å². The molecule has 0 bridgehead atoms. The van der Waals surface area contributed by atoms with Crippen LogP contribution in [0, 0.1) is 5.92 Å². The molecule has 0 saturated carbocycles. The number of rotatable bonds is 5. The fourth-order valence-corrected chi connectivity index (χ4v) is 1.49. The van der Waals surface area contributed by atoms with Gasteiger partial charge in [-0.15, -0.1) is 5.10 Å². The number of H-pyrrole nitrogens is 1. The average Bonchev–Trinajstić information content (AvgIpc) is 2.61. The van der Waals surface area contributed by atoms with E-state index < -0.39 is 5.97 Å². The second-order valence-corrected chi connectivity index (χ2v) is 4.66. The smallest absolute Gasteiger partial charge is 0.313 e. The summed E-state index contributed by atoms with van der Waals surface area (Å²) in [5.41, 5.74) is 0. The van der Waals surface area contributed by atoms with E-state index in [0.717, 1.165) is 17.6 Å². The highest BCUT2D eigenvalue weighted by molar-refractivity contribution is 7.99. The molecule has 0 saturated heterocycles. The first-order chi connectivity index (χ1) is 7.00. The number of carboxylic acids is 1. The SMILES string of the molecule is CC(C)C(C)c1nc(SCC(=O)O)n[nH]1. The van der Waals surface area contributed by atoms with Crippen molar-refractivity contribution in [1.29, 1.82) is 0 Å². The Labute approximate surface area is 92.7 Å². The van der Waals surface area contributed by atoms with Crippen molar-refractivity contribution in [3.8, 4) is 0 Å². The molecular weight excluding hydrogens is 214 g/mol. The van der Waals surface area contributed by atoms with Crippen LogP contribution >= 0.6 is 11.8 Å². The molecule has 1 atom stereocenters. The van der Waals surface area contributed by atoms with E-state index in [2.05, 4.69) is 36.0 Å². The zero-order valence-electron chi connectivity index (χ0n) is 9.02. The Kier molecular flexibility index (Phi) is 4.14. The first-order valence-corrected chi connectivity index (χ1v) is 5.76. The van der Waals surface area contributed by atoms with Crippen molar-refractivity contribution in [3.05, 3.63) is 5.82 Å². The predicted molar refractivity (Wildman–Crippen MR) is 58.0 cm³/mol. The summed E-state index contributed by atoms with van der Waals surface area (Å²) in [6.45, 7) is 6.28. The van der Waals surface area contributed by atoms with Crippen molar-refractivity contribution in [3.63, 3.8) is 0 Å². The van der Waals surface area contributed by atoms with Gasteiger partial charge in [-0.05, 0) is 5.92 Å². The van der Waals surface area contributed by atoms with Gasteiger partial charge >= 0.3 is 5.97 Å². The van der Waals surface area contributed by atoms with Crippen LogP contribution in [-0.2, 0) is 4.79 Å². The standard InChI is InChI=1S/C9H15N3O2S/c1-5(2)6(3)8-10-9(12-11-8)15-4-7(13)14/h5-6H,4H2,1-3H3,(H,13,14)(H,10,11,12). The summed E-state index contributed by atoms with van der Waals surface area (Å²) in [5, 5.41) is 15.8. The minimum Gasteiger partial charge on any atom is -0.481 e. The summed E-state index contributed by atoms with van der Waals surface area (Å²) < 4.78 is 0. The van der Waals surface area contributed by atoms with Crippen LogP contribution in [0.1, 0.15) is 32.5 Å². The Hall–Kier alpha value is -1.04. The largest absolute Gasteiger partial charge is 0.481 e. The van der Waals surface area contributed by atoms with Gasteiger partial charge in [-0.2, -0.15) is 0 Å². The van der Waals surface area contributed by atoms with Crippen LogP contribution in [0.15, 0.2) is 5.16 Å². The highest BCUT2D eigenvalue weighted by Gasteiger charge is 2.15. The summed E-state index contributed by atoms with van der Waals surface area (Å²) in [6.07, 6.45) is 0. The van der Waals surface area contributed by atoms with Crippen molar-refractivity contribution in [2.75, 3.05) is 5.75 Å². The molecule has 2 N–H and O–H groups in total. The third kappa shape index (κ3) is 3.54. The normalized spacial score (nSPS) is 13.1. The molecule has 84 valence electrons. The molecule has 0 aromatic carbocycles. The molecule has 6 heteroatoms. The van der Waals surface area contributed by atoms with Crippen LogP contribution in [0.25, 0.3) is 0 Å². The number of carbonyl (C=O) groups is 1. The summed E-state index contributed by atoms with van der Waals surface area (Å²) in [4.78, 5) is 14.6. The molecule has 0 aliphatic rings. The van der Waals surface area contributed by atoms with E-state index in [-0.39, 0.29) is 5.75 Å². The third-order valence-electron chi connectivity index (χ3n) is 2.24. The zero-order valence-corrected chi connectivity index (χ0v) is 9.84. The van der Waals surface area contributed by atoms with E-state index in [4.69, 9.17) is 5.11 Å². The molecule has 0 radical (unpaired) electrons. The first-order valence-electron chi connectivity index (χ1n) is 4.77. The lowest BCUT2D eigenvalue weighted by Gasteiger charge is -2.10. The van der Waals surface area contributed by atoms with E-state index in [9.17, 15) is 4.79 Å². The van der Waals surface area contributed by atoms with Gasteiger partial charge in [0.15, 0.2) is 0 Å². The molecule has 0 amide bonds. The lowest BCUT2D eigenvalue weighted by molar-refractivity contribution is -0.133. The minimum absolute atomic E-state index is 0.00659. The van der Waals surface area contributed by atoms with Gasteiger partial charge in [0, 0.05) is 5.92 Å². The molecule has 1 aromatic rings. The van der Waals surface area contributed by atoms with Crippen LogP contribution in [0.4, 0.5) is 0 Å². The Balaban J connectivity index is 2.60. The molecule has 5 nitrogen and oxygen atoms in total. The number of carboxylic acid groups (broad SMARTS) is 1. The summed E-state index contributed by atoms with van der Waals surface area (Å²) in [6, 6.07) is 0. The quantitative estimate of drug-likeness (QED) is 0.752. The lowest BCUT2D eigenvalue weighted by Crippen LogP contribution is -2.04. The minimum atomic E-state index is -0.858. The summed E-state index contributed by atoms with van der Waals surface area (Å²) in [5.74, 6) is 0.737.